The van der Waals surface area contributed by atoms with Gasteiger partial charge in [-0.2, -0.15) is 4.31 Å². The Morgan fingerprint density at radius 2 is 1.94 bits per heavy atom. The van der Waals surface area contributed by atoms with E-state index in [1.54, 1.807) is 35.9 Å². The maximum Gasteiger partial charge on any atom is 0.243 e. The van der Waals surface area contributed by atoms with Crippen LogP contribution in [-0.2, 0) is 29.5 Å². The molecule has 0 aliphatic carbocycles. The quantitative estimate of drug-likeness (QED) is 0.530. The predicted octanol–water partition coefficient (Wildman–Crippen LogP) is 3.96. The van der Waals surface area contributed by atoms with E-state index in [2.05, 4.69) is 4.98 Å². The van der Waals surface area contributed by atoms with E-state index in [1.807, 2.05) is 0 Å². The SMILES string of the molecule is COc1ccc(CN(C)S(=O)(=O)c2ccc(F)c(-c3cn4c(n3)CC(C(F)F)C4)c2)cc1. The molecule has 0 saturated heterocycles. The summed E-state index contributed by atoms with van der Waals surface area (Å²) in [5.41, 5.74) is 0.998. The van der Waals surface area contributed by atoms with Crippen LogP contribution in [0.25, 0.3) is 11.3 Å². The van der Waals surface area contributed by atoms with Gasteiger partial charge in [-0.1, -0.05) is 12.1 Å². The summed E-state index contributed by atoms with van der Waals surface area (Å²) in [6, 6.07) is 10.5. The van der Waals surface area contributed by atoms with Crippen LogP contribution in [0.1, 0.15) is 11.4 Å². The molecule has 170 valence electrons. The summed E-state index contributed by atoms with van der Waals surface area (Å²) < 4.78 is 74.4. The first-order valence-electron chi connectivity index (χ1n) is 9.92. The highest BCUT2D eigenvalue weighted by Crippen LogP contribution is 2.31. The van der Waals surface area contributed by atoms with Crippen LogP contribution in [0.2, 0.25) is 0 Å². The molecule has 10 heteroatoms. The zero-order valence-corrected chi connectivity index (χ0v) is 18.3. The minimum absolute atomic E-state index is 0.0134. The Balaban J connectivity index is 1.58. The Bertz CT molecular complexity index is 1200. The fraction of sp³-hybridized carbons (Fsp3) is 0.318. The number of methoxy groups -OCH3 is 1. The first-order valence-corrected chi connectivity index (χ1v) is 11.4. The zero-order chi connectivity index (χ0) is 23.0. The van der Waals surface area contributed by atoms with E-state index >= 15 is 0 Å². The van der Waals surface area contributed by atoms with Crippen LogP contribution in [0.4, 0.5) is 13.2 Å². The van der Waals surface area contributed by atoms with Crippen LogP contribution < -0.4 is 4.74 Å². The Labute approximate surface area is 184 Å². The molecule has 0 radical (unpaired) electrons. The molecular weight excluding hydrogens is 443 g/mol. The smallest absolute Gasteiger partial charge is 0.243 e. The fourth-order valence-electron chi connectivity index (χ4n) is 3.74. The van der Waals surface area contributed by atoms with Crippen molar-refractivity contribution in [3.8, 4) is 17.0 Å². The van der Waals surface area contributed by atoms with Crippen LogP contribution in [0, 0.1) is 11.7 Å². The number of aromatic nitrogens is 2. The minimum Gasteiger partial charge on any atom is -0.497 e. The van der Waals surface area contributed by atoms with Crippen molar-refractivity contribution in [2.45, 2.75) is 30.8 Å². The summed E-state index contributed by atoms with van der Waals surface area (Å²) >= 11 is 0. The summed E-state index contributed by atoms with van der Waals surface area (Å²) in [4.78, 5) is 4.20. The van der Waals surface area contributed by atoms with E-state index in [9.17, 15) is 21.6 Å². The van der Waals surface area contributed by atoms with Gasteiger partial charge in [-0.05, 0) is 35.9 Å². The molecule has 0 N–H and O–H groups in total. The van der Waals surface area contributed by atoms with Crippen molar-refractivity contribution in [3.05, 3.63) is 65.9 Å². The van der Waals surface area contributed by atoms with Gasteiger partial charge in [-0.25, -0.2) is 26.6 Å². The second-order valence-electron chi connectivity index (χ2n) is 7.74. The number of halogens is 3. The number of hydrogen-bond donors (Lipinski definition) is 0. The Hall–Kier alpha value is -2.85. The number of benzene rings is 2. The van der Waals surface area contributed by atoms with Crippen molar-refractivity contribution >= 4 is 10.0 Å². The second kappa shape index (κ2) is 8.59. The Morgan fingerprint density at radius 3 is 2.56 bits per heavy atom. The molecule has 2 aromatic carbocycles. The number of fused-ring (bicyclic) bond motifs is 1. The van der Waals surface area contributed by atoms with Gasteiger partial charge in [-0.3, -0.25) is 0 Å². The number of ether oxygens (including phenoxy) is 1. The molecule has 0 bridgehead atoms. The maximum atomic E-state index is 14.5. The molecule has 2 heterocycles. The lowest BCUT2D eigenvalue weighted by Gasteiger charge is -2.18. The number of nitrogens with zero attached hydrogens (tertiary/aromatic N) is 3. The topological polar surface area (TPSA) is 64.4 Å². The molecule has 6 nitrogen and oxygen atoms in total. The lowest BCUT2D eigenvalue weighted by molar-refractivity contribution is 0.0773. The molecule has 32 heavy (non-hydrogen) atoms. The third-order valence-electron chi connectivity index (χ3n) is 5.58. The number of alkyl halides is 2. The summed E-state index contributed by atoms with van der Waals surface area (Å²) in [5, 5.41) is 0. The van der Waals surface area contributed by atoms with Gasteiger partial charge < -0.3 is 9.30 Å². The van der Waals surface area contributed by atoms with Gasteiger partial charge in [0.2, 0.25) is 16.4 Å². The lowest BCUT2D eigenvalue weighted by atomic mass is 10.1. The predicted molar refractivity (Wildman–Crippen MR) is 112 cm³/mol. The summed E-state index contributed by atoms with van der Waals surface area (Å²) in [7, 11) is -0.925. The normalized spacial score (nSPS) is 16.0. The van der Waals surface area contributed by atoms with Gasteiger partial charge in [-0.15, -0.1) is 0 Å². The van der Waals surface area contributed by atoms with Crippen LogP contribution in [0.15, 0.2) is 53.6 Å². The van der Waals surface area contributed by atoms with E-state index in [1.165, 1.54) is 29.7 Å². The highest BCUT2D eigenvalue weighted by atomic mass is 32.2. The van der Waals surface area contributed by atoms with Crippen molar-refractivity contribution in [1.29, 1.82) is 0 Å². The van der Waals surface area contributed by atoms with E-state index in [0.29, 0.717) is 11.6 Å². The van der Waals surface area contributed by atoms with Crippen molar-refractivity contribution in [1.82, 2.24) is 13.9 Å². The molecule has 1 atom stereocenters. The van der Waals surface area contributed by atoms with Crippen LogP contribution in [0.5, 0.6) is 5.75 Å². The van der Waals surface area contributed by atoms with Crippen LogP contribution >= 0.6 is 0 Å². The summed E-state index contributed by atoms with van der Waals surface area (Å²) in [5.74, 6) is -0.345. The molecule has 1 aliphatic rings. The Kier molecular flexibility index (Phi) is 6.00. The Morgan fingerprint density at radius 1 is 1.22 bits per heavy atom. The third-order valence-corrected chi connectivity index (χ3v) is 7.38. The number of rotatable bonds is 7. The van der Waals surface area contributed by atoms with Gasteiger partial charge >= 0.3 is 0 Å². The van der Waals surface area contributed by atoms with Gasteiger partial charge in [0, 0.05) is 44.2 Å². The average Bonchev–Trinajstić information content (AvgIpc) is 3.34. The summed E-state index contributed by atoms with van der Waals surface area (Å²) in [6.45, 7) is 0.219. The van der Waals surface area contributed by atoms with Gasteiger partial charge in [0.05, 0.1) is 17.7 Å². The van der Waals surface area contributed by atoms with Crippen molar-refractivity contribution in [2.24, 2.45) is 5.92 Å². The number of sulfonamides is 1. The second-order valence-corrected chi connectivity index (χ2v) is 9.79. The molecule has 0 spiro atoms. The standard InChI is InChI=1S/C22H22F3N3O3S/c1-27(11-14-3-5-16(31-2)6-4-14)32(29,30)17-7-8-19(23)18(10-17)20-13-28-12-15(22(24)25)9-21(28)26-20/h3-8,10,13,15,22H,9,11-12H2,1-2H3. The lowest BCUT2D eigenvalue weighted by Crippen LogP contribution is -2.26. The third kappa shape index (κ3) is 4.24. The first kappa shape index (κ1) is 22.3. The maximum absolute atomic E-state index is 14.5. The van der Waals surface area contributed by atoms with E-state index < -0.39 is 28.2 Å². The molecule has 0 saturated carbocycles. The van der Waals surface area contributed by atoms with Crippen molar-refractivity contribution in [3.63, 3.8) is 0 Å². The molecule has 3 aromatic rings. The molecule has 1 aromatic heterocycles. The highest BCUT2D eigenvalue weighted by molar-refractivity contribution is 7.89. The fourth-order valence-corrected chi connectivity index (χ4v) is 4.93. The van der Waals surface area contributed by atoms with Crippen LogP contribution in [0.3, 0.4) is 0 Å². The minimum atomic E-state index is -3.91. The van der Waals surface area contributed by atoms with Gasteiger partial charge in [0.15, 0.2) is 0 Å². The molecule has 1 unspecified atom stereocenters. The number of imidazole rings is 1. The highest BCUT2D eigenvalue weighted by Gasteiger charge is 2.31. The molecule has 4 rings (SSSR count). The van der Waals surface area contributed by atoms with Gasteiger partial charge in [0.25, 0.3) is 0 Å². The average molecular weight is 465 g/mol. The van der Waals surface area contributed by atoms with Gasteiger partial charge in [0.1, 0.15) is 17.4 Å². The largest absolute Gasteiger partial charge is 0.497 e. The van der Waals surface area contributed by atoms with E-state index in [-0.39, 0.29) is 35.7 Å². The van der Waals surface area contributed by atoms with Crippen molar-refractivity contribution < 1.29 is 26.3 Å². The summed E-state index contributed by atoms with van der Waals surface area (Å²) in [6.07, 6.45) is -0.859. The zero-order valence-electron chi connectivity index (χ0n) is 17.5. The molecule has 0 fully saturated rings. The number of hydrogen-bond acceptors (Lipinski definition) is 4. The first-order chi connectivity index (χ1) is 15.2. The van der Waals surface area contributed by atoms with E-state index in [4.69, 9.17) is 4.74 Å². The van der Waals surface area contributed by atoms with Crippen molar-refractivity contribution in [2.75, 3.05) is 14.2 Å². The molecule has 0 amide bonds. The van der Waals surface area contributed by atoms with E-state index in [0.717, 1.165) is 11.6 Å². The van der Waals surface area contributed by atoms with Crippen LogP contribution in [-0.4, -0.2) is 42.9 Å². The monoisotopic (exact) mass is 465 g/mol. The molecular formula is C22H22F3N3O3S. The molecule has 1 aliphatic heterocycles.